The molecule has 0 spiro atoms. The normalized spacial score (nSPS) is 17.8. The van der Waals surface area contributed by atoms with Crippen molar-refractivity contribution >= 4 is 5.69 Å². The van der Waals surface area contributed by atoms with Gasteiger partial charge in [-0.15, -0.1) is 0 Å². The number of benzene rings is 1. The quantitative estimate of drug-likeness (QED) is 0.822. The molecule has 0 aromatic heterocycles. The Morgan fingerprint density at radius 1 is 1.06 bits per heavy atom. The van der Waals surface area contributed by atoms with Crippen LogP contribution in [0.15, 0.2) is 24.3 Å². The van der Waals surface area contributed by atoms with Gasteiger partial charge >= 0.3 is 0 Å². The monoisotopic (exact) mass is 220 g/mol. The van der Waals surface area contributed by atoms with E-state index in [0.29, 0.717) is 0 Å². The van der Waals surface area contributed by atoms with Crippen molar-refractivity contribution in [2.75, 3.05) is 44.7 Å². The number of likely N-dealkylation sites (N-methyl/N-ethyl adjacent to an activating group) is 1. The predicted octanol–water partition coefficient (Wildman–Crippen LogP) is 0.973. The number of nitrogens with zero attached hydrogens (tertiary/aromatic N) is 2. The van der Waals surface area contributed by atoms with E-state index in [9.17, 15) is 0 Å². The molecule has 1 aliphatic heterocycles. The van der Waals surface area contributed by atoms with E-state index >= 15 is 0 Å². The zero-order valence-corrected chi connectivity index (χ0v) is 9.89. The van der Waals surface area contributed by atoms with E-state index in [1.165, 1.54) is 11.3 Å². The summed E-state index contributed by atoms with van der Waals surface area (Å²) in [5, 5.41) is 8.85. The van der Waals surface area contributed by atoms with Crippen molar-refractivity contribution in [3.63, 3.8) is 0 Å². The summed E-state index contributed by atoms with van der Waals surface area (Å²) < 4.78 is 0. The van der Waals surface area contributed by atoms with Crippen LogP contribution < -0.4 is 4.90 Å². The summed E-state index contributed by atoms with van der Waals surface area (Å²) in [6.45, 7) is 4.72. The highest BCUT2D eigenvalue weighted by atomic mass is 16.2. The topological polar surface area (TPSA) is 26.7 Å². The minimum atomic E-state index is 0.230. The van der Waals surface area contributed by atoms with Gasteiger partial charge in [0.25, 0.3) is 0 Å². The van der Waals surface area contributed by atoms with Crippen LogP contribution in [0.2, 0.25) is 0 Å². The van der Waals surface area contributed by atoms with Gasteiger partial charge in [-0.25, -0.2) is 0 Å². The first-order valence-electron chi connectivity index (χ1n) is 5.93. The Labute approximate surface area is 97.3 Å². The maximum Gasteiger partial charge on any atom is 0.0471 e. The van der Waals surface area contributed by atoms with Crippen molar-refractivity contribution < 1.29 is 5.11 Å². The minimum absolute atomic E-state index is 0.230. The smallest absolute Gasteiger partial charge is 0.0471 e. The van der Waals surface area contributed by atoms with Gasteiger partial charge in [0, 0.05) is 38.5 Å². The van der Waals surface area contributed by atoms with Gasteiger partial charge in [-0.2, -0.15) is 0 Å². The molecule has 1 heterocycles. The summed E-state index contributed by atoms with van der Waals surface area (Å²) in [4.78, 5) is 4.78. The van der Waals surface area contributed by atoms with E-state index < -0.39 is 0 Å². The molecule has 1 aliphatic rings. The van der Waals surface area contributed by atoms with Crippen molar-refractivity contribution in [1.82, 2.24) is 4.90 Å². The third-order valence-corrected chi connectivity index (χ3v) is 3.21. The summed E-state index contributed by atoms with van der Waals surface area (Å²) in [6, 6.07) is 8.56. The van der Waals surface area contributed by atoms with Crippen LogP contribution in [0.5, 0.6) is 0 Å². The van der Waals surface area contributed by atoms with Crippen molar-refractivity contribution in [3.05, 3.63) is 29.8 Å². The van der Waals surface area contributed by atoms with Gasteiger partial charge in [0.05, 0.1) is 0 Å². The van der Waals surface area contributed by atoms with Crippen molar-refractivity contribution in [3.8, 4) is 0 Å². The van der Waals surface area contributed by atoms with Gasteiger partial charge in [-0.3, -0.25) is 0 Å². The van der Waals surface area contributed by atoms with Crippen LogP contribution in [0.4, 0.5) is 5.69 Å². The number of hydrogen-bond donors (Lipinski definition) is 1. The number of rotatable bonds is 3. The summed E-state index contributed by atoms with van der Waals surface area (Å²) >= 11 is 0. The summed E-state index contributed by atoms with van der Waals surface area (Å²) in [5.74, 6) is 0. The van der Waals surface area contributed by atoms with E-state index in [4.69, 9.17) is 5.11 Å². The van der Waals surface area contributed by atoms with Gasteiger partial charge in [-0.1, -0.05) is 12.1 Å². The molecule has 1 fully saturated rings. The van der Waals surface area contributed by atoms with Crippen molar-refractivity contribution in [1.29, 1.82) is 0 Å². The Bertz CT molecular complexity index is 315. The molecular weight excluding hydrogens is 200 g/mol. The van der Waals surface area contributed by atoms with Crippen LogP contribution in [0, 0.1) is 0 Å². The second-order valence-corrected chi connectivity index (χ2v) is 4.43. The Morgan fingerprint density at radius 3 is 2.25 bits per heavy atom. The fourth-order valence-electron chi connectivity index (χ4n) is 2.07. The molecule has 3 nitrogen and oxygen atoms in total. The van der Waals surface area contributed by atoms with E-state index in [-0.39, 0.29) is 6.61 Å². The number of hydrogen-bond acceptors (Lipinski definition) is 3. The van der Waals surface area contributed by atoms with E-state index in [1.54, 1.807) is 0 Å². The standard InChI is InChI=1S/C13H20N2O/c1-14-7-9-15(10-8-14)13-4-2-12(3-5-13)6-11-16/h2-5,16H,6-11H2,1H3. The molecule has 0 atom stereocenters. The molecular formula is C13H20N2O. The Morgan fingerprint density at radius 2 is 1.69 bits per heavy atom. The highest BCUT2D eigenvalue weighted by Gasteiger charge is 2.13. The molecule has 0 unspecified atom stereocenters. The first kappa shape index (κ1) is 11.4. The van der Waals surface area contributed by atoms with Gasteiger partial charge < -0.3 is 14.9 Å². The van der Waals surface area contributed by atoms with Gasteiger partial charge in [0.2, 0.25) is 0 Å². The number of piperazine rings is 1. The largest absolute Gasteiger partial charge is 0.396 e. The summed E-state index contributed by atoms with van der Waals surface area (Å²) in [6.07, 6.45) is 0.753. The molecule has 0 bridgehead atoms. The summed E-state index contributed by atoms with van der Waals surface area (Å²) in [5.41, 5.74) is 2.51. The van der Waals surface area contributed by atoms with Crippen LogP contribution in [0.25, 0.3) is 0 Å². The van der Waals surface area contributed by atoms with Crippen molar-refractivity contribution in [2.45, 2.75) is 6.42 Å². The van der Waals surface area contributed by atoms with Gasteiger partial charge in [0.1, 0.15) is 0 Å². The SMILES string of the molecule is CN1CCN(c2ccc(CCO)cc2)CC1. The lowest BCUT2D eigenvalue weighted by Crippen LogP contribution is -2.44. The molecule has 0 radical (unpaired) electrons. The van der Waals surface area contributed by atoms with E-state index in [2.05, 4.69) is 41.1 Å². The second-order valence-electron chi connectivity index (χ2n) is 4.43. The molecule has 0 saturated carbocycles. The zero-order chi connectivity index (χ0) is 11.4. The van der Waals surface area contributed by atoms with Crippen molar-refractivity contribution in [2.24, 2.45) is 0 Å². The molecule has 0 amide bonds. The molecule has 1 aromatic rings. The Hall–Kier alpha value is -1.06. The van der Waals surface area contributed by atoms with Crippen LogP contribution in [0.1, 0.15) is 5.56 Å². The maximum absolute atomic E-state index is 8.85. The molecule has 1 N–H and O–H groups in total. The Balaban J connectivity index is 1.98. The molecule has 16 heavy (non-hydrogen) atoms. The lowest BCUT2D eigenvalue weighted by molar-refractivity contribution is 0.299. The molecule has 1 saturated heterocycles. The number of aliphatic hydroxyl groups excluding tert-OH is 1. The van der Waals surface area contributed by atoms with Gasteiger partial charge in [-0.05, 0) is 31.2 Å². The van der Waals surface area contributed by atoms with E-state index in [1.807, 2.05) is 0 Å². The fraction of sp³-hybridized carbons (Fsp3) is 0.538. The average molecular weight is 220 g/mol. The first-order chi connectivity index (χ1) is 7.79. The third-order valence-electron chi connectivity index (χ3n) is 3.21. The second kappa shape index (κ2) is 5.32. The minimum Gasteiger partial charge on any atom is -0.396 e. The maximum atomic E-state index is 8.85. The number of anilines is 1. The molecule has 0 aliphatic carbocycles. The molecule has 3 heteroatoms. The van der Waals surface area contributed by atoms with Crippen LogP contribution in [-0.4, -0.2) is 49.8 Å². The van der Waals surface area contributed by atoms with Gasteiger partial charge in [0.15, 0.2) is 0 Å². The van der Waals surface area contributed by atoms with Crippen LogP contribution in [0.3, 0.4) is 0 Å². The molecule has 1 aromatic carbocycles. The van der Waals surface area contributed by atoms with Crippen LogP contribution in [-0.2, 0) is 6.42 Å². The van der Waals surface area contributed by atoms with Crippen LogP contribution >= 0.6 is 0 Å². The lowest BCUT2D eigenvalue weighted by atomic mass is 10.1. The highest BCUT2D eigenvalue weighted by Crippen LogP contribution is 2.17. The number of aliphatic hydroxyl groups is 1. The summed E-state index contributed by atoms with van der Waals surface area (Å²) in [7, 11) is 2.17. The Kier molecular flexibility index (Phi) is 3.80. The third kappa shape index (κ3) is 2.74. The molecule has 88 valence electrons. The molecule has 2 rings (SSSR count). The van der Waals surface area contributed by atoms with E-state index in [0.717, 1.165) is 32.6 Å². The fourth-order valence-corrected chi connectivity index (χ4v) is 2.07. The zero-order valence-electron chi connectivity index (χ0n) is 9.89. The average Bonchev–Trinajstić information content (AvgIpc) is 2.32. The predicted molar refractivity (Wildman–Crippen MR) is 66.9 cm³/mol. The lowest BCUT2D eigenvalue weighted by Gasteiger charge is -2.34. The highest BCUT2D eigenvalue weighted by molar-refractivity contribution is 5.48. The first-order valence-corrected chi connectivity index (χ1v) is 5.93.